The maximum absolute atomic E-state index is 12.4. The third kappa shape index (κ3) is 7.04. The molecular weight excluding hydrogens is 786 g/mol. The van der Waals surface area contributed by atoms with Crippen LogP contribution in [0.4, 0.5) is 96.6 Å². The minimum absolute atomic E-state index is 0. The Hall–Kier alpha value is -0.239. The predicted molar refractivity (Wildman–Crippen MR) is 76.8 cm³/mol. The van der Waals surface area contributed by atoms with Crippen LogP contribution in [-0.2, 0) is 20.2 Å². The van der Waals surface area contributed by atoms with Crippen LogP contribution in [0.2, 0.25) is 0 Å². The quantitative estimate of drug-likeness (QED) is 0.199. The maximum Gasteiger partial charge on any atom is 2.00 e. The molecule has 41 heavy (non-hydrogen) atoms. The molecule has 0 amide bonds. The molecule has 0 aromatic rings. The van der Waals surface area contributed by atoms with Crippen molar-refractivity contribution in [1.82, 2.24) is 0 Å². The largest absolute Gasteiger partial charge is 2.00 e. The fourth-order valence-corrected chi connectivity index (χ4v) is 2.31. The second-order valence-corrected chi connectivity index (χ2v) is 9.23. The Kier molecular flexibility index (Phi) is 12.8. The SMILES string of the molecule is O=S(=O)([O-])C(F)(F)C(F)(F)C(F)(F)C(F)(F)C(F)(F)F.O=S(=O)([O-])C(F)(F)C(F)(F)C(F)(F)C(F)(F)C(F)(F)F.[Sr+2]. The van der Waals surface area contributed by atoms with Crippen LogP contribution in [-0.4, -0.2) is 130 Å². The summed E-state index contributed by atoms with van der Waals surface area (Å²) in [7, 11) is -15.3. The maximum atomic E-state index is 12.4. The molecule has 0 fully saturated rings. The zero-order valence-corrected chi connectivity index (χ0v) is 22.4. The van der Waals surface area contributed by atoms with Crippen LogP contribution in [0.5, 0.6) is 0 Å². The zero-order chi connectivity index (χ0) is 34.0. The van der Waals surface area contributed by atoms with Gasteiger partial charge in [0.05, 0.1) is 0 Å². The first-order valence-electron chi connectivity index (χ1n) is 7.57. The fourth-order valence-electron chi connectivity index (χ4n) is 1.43. The van der Waals surface area contributed by atoms with Gasteiger partial charge in [0, 0.05) is 0 Å². The summed E-state index contributed by atoms with van der Waals surface area (Å²) in [5.41, 5.74) is 0. The standard InChI is InChI=1S/2C5HF11O3S.Sr/c2*6-1(7,2(8,9)4(12,13)14)3(10,11)5(15,16)20(17,18)19;/h2*(H,17,18,19);/q;;+2/p-2. The number of halogens is 22. The number of alkyl halides is 22. The molecule has 0 heterocycles. The van der Waals surface area contributed by atoms with Gasteiger partial charge in [0.25, 0.3) is 0 Å². The first-order chi connectivity index (χ1) is 16.5. The summed E-state index contributed by atoms with van der Waals surface area (Å²) in [6.45, 7) is 0. The molecule has 0 bridgehead atoms. The van der Waals surface area contributed by atoms with Gasteiger partial charge in [0.1, 0.15) is 0 Å². The van der Waals surface area contributed by atoms with Gasteiger partial charge in [0.2, 0.25) is 0 Å². The van der Waals surface area contributed by atoms with Crippen molar-refractivity contribution in [1.29, 1.82) is 0 Å². The Morgan fingerprint density at radius 3 is 0.561 bits per heavy atom. The smallest absolute Gasteiger partial charge is 0.743 e. The first-order valence-corrected chi connectivity index (χ1v) is 10.4. The Morgan fingerprint density at radius 1 is 0.317 bits per heavy atom. The summed E-state index contributed by atoms with van der Waals surface area (Å²) in [6, 6.07) is 0. The normalized spacial score (nSPS) is 16.0. The Morgan fingerprint density at radius 2 is 0.463 bits per heavy atom. The van der Waals surface area contributed by atoms with Crippen LogP contribution >= 0.6 is 0 Å². The topological polar surface area (TPSA) is 114 Å². The molecule has 6 nitrogen and oxygen atoms in total. The van der Waals surface area contributed by atoms with E-state index < -0.39 is 78.6 Å². The van der Waals surface area contributed by atoms with Crippen LogP contribution in [0.15, 0.2) is 0 Å². The van der Waals surface area contributed by atoms with E-state index >= 15 is 0 Å². The van der Waals surface area contributed by atoms with Crippen LogP contribution in [0.3, 0.4) is 0 Å². The van der Waals surface area contributed by atoms with Crippen molar-refractivity contribution in [2.45, 2.75) is 58.4 Å². The fraction of sp³-hybridized carbons (Fsp3) is 1.00. The molecule has 31 heteroatoms. The molecule has 0 aromatic carbocycles. The van der Waals surface area contributed by atoms with Gasteiger partial charge in [-0.15, -0.1) is 0 Å². The molecule has 0 aliphatic heterocycles. The predicted octanol–water partition coefficient (Wildman–Crippen LogP) is 4.80. The summed E-state index contributed by atoms with van der Waals surface area (Å²) in [5.74, 6) is -46.9. The molecule has 0 unspecified atom stereocenters. The van der Waals surface area contributed by atoms with Gasteiger partial charge >= 0.3 is 104 Å². The summed E-state index contributed by atoms with van der Waals surface area (Å²) in [4.78, 5) is 0. The van der Waals surface area contributed by atoms with Crippen molar-refractivity contribution in [3.8, 4) is 0 Å². The summed E-state index contributed by atoms with van der Waals surface area (Å²) >= 11 is 0. The van der Waals surface area contributed by atoms with Crippen molar-refractivity contribution in [3.63, 3.8) is 0 Å². The third-order valence-corrected chi connectivity index (χ3v) is 5.42. The molecule has 0 spiro atoms. The second-order valence-electron chi connectivity index (χ2n) is 6.38. The van der Waals surface area contributed by atoms with Crippen molar-refractivity contribution in [2.24, 2.45) is 0 Å². The summed E-state index contributed by atoms with van der Waals surface area (Å²) in [6.07, 6.45) is -14.8. The molecule has 0 rings (SSSR count). The van der Waals surface area contributed by atoms with Crippen molar-refractivity contribution < 1.29 is 123 Å². The van der Waals surface area contributed by atoms with Crippen molar-refractivity contribution in [2.75, 3.05) is 0 Å². The van der Waals surface area contributed by atoms with E-state index in [0.29, 0.717) is 0 Å². The molecule has 0 aromatic heterocycles. The van der Waals surface area contributed by atoms with E-state index in [1.807, 2.05) is 0 Å². The molecule has 0 radical (unpaired) electrons. The van der Waals surface area contributed by atoms with Crippen molar-refractivity contribution >= 4 is 65.7 Å². The van der Waals surface area contributed by atoms with Gasteiger partial charge in [-0.3, -0.25) is 0 Å². The molecule has 244 valence electrons. The Bertz CT molecular complexity index is 1050. The average Bonchev–Trinajstić information content (AvgIpc) is 2.63. The summed E-state index contributed by atoms with van der Waals surface area (Å²) < 4.78 is 324. The van der Waals surface area contributed by atoms with Crippen LogP contribution in [0.1, 0.15) is 0 Å². The molecule has 0 saturated carbocycles. The van der Waals surface area contributed by atoms with Crippen LogP contribution < -0.4 is 0 Å². The summed E-state index contributed by atoms with van der Waals surface area (Å²) in [5, 5.41) is -14.8. The molecule has 0 aliphatic rings. The third-order valence-electron chi connectivity index (χ3n) is 3.65. The van der Waals surface area contributed by atoms with Crippen molar-refractivity contribution in [3.05, 3.63) is 0 Å². The molecular formula is C10F22O6S2Sr. The van der Waals surface area contributed by atoms with Crippen LogP contribution in [0.25, 0.3) is 0 Å². The van der Waals surface area contributed by atoms with E-state index in [-0.39, 0.29) is 45.5 Å². The van der Waals surface area contributed by atoms with E-state index in [0.717, 1.165) is 0 Å². The number of rotatable bonds is 8. The zero-order valence-electron chi connectivity index (χ0n) is 17.3. The minimum atomic E-state index is -7.90. The van der Waals surface area contributed by atoms with E-state index in [4.69, 9.17) is 0 Å². The number of hydrogen-bond donors (Lipinski definition) is 0. The average molecular weight is 786 g/mol. The Balaban J connectivity index is -0.000000688. The minimum Gasteiger partial charge on any atom is -0.743 e. The van der Waals surface area contributed by atoms with Gasteiger partial charge < -0.3 is 9.11 Å². The monoisotopic (exact) mass is 786 g/mol. The van der Waals surface area contributed by atoms with E-state index in [2.05, 4.69) is 0 Å². The molecule has 0 saturated heterocycles. The second kappa shape index (κ2) is 11.6. The van der Waals surface area contributed by atoms with Gasteiger partial charge in [0.15, 0.2) is 20.2 Å². The van der Waals surface area contributed by atoms with Crippen LogP contribution in [0, 0.1) is 0 Å². The van der Waals surface area contributed by atoms with Gasteiger partial charge in [-0.2, -0.15) is 96.6 Å². The van der Waals surface area contributed by atoms with Gasteiger partial charge in [-0.25, -0.2) is 16.8 Å². The molecule has 0 aliphatic carbocycles. The molecule has 0 atom stereocenters. The first kappa shape index (κ1) is 45.2. The Labute approximate surface area is 245 Å². The molecule has 0 N–H and O–H groups in total. The van der Waals surface area contributed by atoms with Gasteiger partial charge in [-0.05, 0) is 0 Å². The number of hydrogen-bond acceptors (Lipinski definition) is 6. The van der Waals surface area contributed by atoms with Gasteiger partial charge in [-0.1, -0.05) is 0 Å². The van der Waals surface area contributed by atoms with E-state index in [1.54, 1.807) is 0 Å². The van der Waals surface area contributed by atoms with E-state index in [9.17, 15) is 123 Å². The van der Waals surface area contributed by atoms with E-state index in [1.165, 1.54) is 0 Å².